The number of nitrogen functional groups attached to an aromatic ring is 1. The minimum absolute atomic E-state index is 0.120. The number of hydrogen-bond acceptors (Lipinski definition) is 4. The molecule has 0 aliphatic carbocycles. The Morgan fingerprint density at radius 2 is 2.05 bits per heavy atom. The molecule has 0 unspecified atom stereocenters. The van der Waals surface area contributed by atoms with Crippen molar-refractivity contribution < 1.29 is 13.9 Å². The quantitative estimate of drug-likeness (QED) is 0.655. The van der Waals surface area contributed by atoms with E-state index in [2.05, 4.69) is 10.3 Å². The van der Waals surface area contributed by atoms with Crippen LogP contribution < -0.4 is 15.8 Å². The first kappa shape index (κ1) is 12.8. The number of methoxy groups -OCH3 is 1. The number of nitrogens with two attached hydrogens (primary N) is 1. The zero-order valence-corrected chi connectivity index (χ0v) is 10.2. The number of ether oxygens (including phenoxy) is 1. The molecule has 1 aromatic heterocycles. The molecular weight excluding hydrogens is 249 g/mol. The van der Waals surface area contributed by atoms with Crippen LogP contribution >= 0.6 is 0 Å². The average Bonchev–Trinajstić information content (AvgIpc) is 2.38. The van der Waals surface area contributed by atoms with E-state index in [1.165, 1.54) is 25.3 Å². The van der Waals surface area contributed by atoms with Crippen molar-refractivity contribution >= 4 is 17.4 Å². The third-order valence-corrected chi connectivity index (χ3v) is 2.45. The second-order valence-corrected chi connectivity index (χ2v) is 3.73. The fraction of sp³-hybridized carbons (Fsp3) is 0.0769. The highest BCUT2D eigenvalue weighted by Gasteiger charge is 2.15. The first-order valence-corrected chi connectivity index (χ1v) is 5.48. The van der Waals surface area contributed by atoms with E-state index in [0.29, 0.717) is 5.69 Å². The second-order valence-electron chi connectivity index (χ2n) is 3.73. The van der Waals surface area contributed by atoms with Gasteiger partial charge in [0.05, 0.1) is 18.4 Å². The smallest absolute Gasteiger partial charge is 0.260 e. The number of nitrogens with zero attached hydrogens (tertiary/aromatic N) is 1. The largest absolute Gasteiger partial charge is 0.494 e. The van der Waals surface area contributed by atoms with Crippen LogP contribution in [0.3, 0.4) is 0 Å². The topological polar surface area (TPSA) is 77.2 Å². The van der Waals surface area contributed by atoms with Gasteiger partial charge in [0.1, 0.15) is 5.82 Å². The second kappa shape index (κ2) is 5.34. The summed E-state index contributed by atoms with van der Waals surface area (Å²) in [5, 5.41) is 2.48. The zero-order chi connectivity index (χ0) is 13.8. The number of carbonyl (C=O) groups is 1. The van der Waals surface area contributed by atoms with Crippen LogP contribution in [0.5, 0.6) is 5.75 Å². The number of carbonyl (C=O) groups excluding carboxylic acids is 1. The summed E-state index contributed by atoms with van der Waals surface area (Å²) in [5.41, 5.74) is 6.31. The maximum atomic E-state index is 12.9. The lowest BCUT2D eigenvalue weighted by Crippen LogP contribution is -2.15. The van der Waals surface area contributed by atoms with E-state index in [9.17, 15) is 9.18 Å². The van der Waals surface area contributed by atoms with Gasteiger partial charge in [-0.15, -0.1) is 0 Å². The van der Waals surface area contributed by atoms with Crippen LogP contribution in [0.2, 0.25) is 0 Å². The fourth-order valence-electron chi connectivity index (χ4n) is 1.62. The van der Waals surface area contributed by atoms with Gasteiger partial charge >= 0.3 is 0 Å². The molecule has 1 aromatic carbocycles. The molecule has 0 radical (unpaired) electrons. The van der Waals surface area contributed by atoms with E-state index in [4.69, 9.17) is 10.5 Å². The Kier molecular flexibility index (Phi) is 3.61. The summed E-state index contributed by atoms with van der Waals surface area (Å²) in [6.45, 7) is 0. The van der Waals surface area contributed by atoms with Gasteiger partial charge in [-0.1, -0.05) is 12.1 Å². The lowest BCUT2D eigenvalue weighted by molar-refractivity contribution is 0.102. The van der Waals surface area contributed by atoms with Crippen LogP contribution in [-0.4, -0.2) is 18.0 Å². The Balaban J connectivity index is 2.28. The number of amides is 1. The highest BCUT2D eigenvalue weighted by atomic mass is 19.1. The van der Waals surface area contributed by atoms with Crippen molar-refractivity contribution in [2.75, 3.05) is 18.2 Å². The monoisotopic (exact) mass is 261 g/mol. The van der Waals surface area contributed by atoms with Gasteiger partial charge in [-0.25, -0.2) is 4.98 Å². The van der Waals surface area contributed by atoms with Crippen molar-refractivity contribution in [1.29, 1.82) is 0 Å². The maximum Gasteiger partial charge on any atom is 0.260 e. The molecule has 2 rings (SSSR count). The standard InChI is InChI=1S/C13H12FN3O2/c1-19-12-8(4-2-5-9(12)15)13(18)17-11-7-3-6-10(14)16-11/h2-7H,15H2,1H3,(H,16,17,18). The summed E-state index contributed by atoms with van der Waals surface area (Å²) < 4.78 is 18.0. The molecule has 0 bridgehead atoms. The van der Waals surface area contributed by atoms with E-state index in [-0.39, 0.29) is 17.1 Å². The molecule has 6 heteroatoms. The zero-order valence-electron chi connectivity index (χ0n) is 10.2. The summed E-state index contributed by atoms with van der Waals surface area (Å²) in [7, 11) is 1.42. The molecule has 0 aliphatic rings. The van der Waals surface area contributed by atoms with E-state index < -0.39 is 11.9 Å². The van der Waals surface area contributed by atoms with E-state index in [1.54, 1.807) is 18.2 Å². The summed E-state index contributed by atoms with van der Waals surface area (Å²) in [5.74, 6) is -0.745. The van der Waals surface area contributed by atoms with Gasteiger partial charge in [0.25, 0.3) is 5.91 Å². The van der Waals surface area contributed by atoms with Gasteiger partial charge < -0.3 is 15.8 Å². The van der Waals surface area contributed by atoms with Gasteiger partial charge in [0, 0.05) is 0 Å². The normalized spacial score (nSPS) is 10.0. The Morgan fingerprint density at radius 3 is 2.74 bits per heavy atom. The minimum Gasteiger partial charge on any atom is -0.494 e. The van der Waals surface area contributed by atoms with E-state index in [0.717, 1.165) is 0 Å². The van der Waals surface area contributed by atoms with Gasteiger partial charge in [-0.3, -0.25) is 4.79 Å². The number of para-hydroxylation sites is 1. The number of halogens is 1. The van der Waals surface area contributed by atoms with Gasteiger partial charge in [-0.05, 0) is 24.3 Å². The lowest BCUT2D eigenvalue weighted by Gasteiger charge is -2.10. The number of anilines is 2. The van der Waals surface area contributed by atoms with Crippen LogP contribution in [0.4, 0.5) is 15.9 Å². The minimum atomic E-state index is -0.669. The van der Waals surface area contributed by atoms with Crippen molar-refractivity contribution in [3.8, 4) is 5.75 Å². The van der Waals surface area contributed by atoms with Gasteiger partial charge in [0.2, 0.25) is 5.95 Å². The molecule has 2 aromatic rings. The van der Waals surface area contributed by atoms with Crippen molar-refractivity contribution in [1.82, 2.24) is 4.98 Å². The maximum absolute atomic E-state index is 12.9. The summed E-state index contributed by atoms with van der Waals surface area (Å²) in [6, 6.07) is 8.94. The van der Waals surface area contributed by atoms with Crippen molar-refractivity contribution in [2.45, 2.75) is 0 Å². The predicted molar refractivity (Wildman–Crippen MR) is 69.6 cm³/mol. The molecule has 0 saturated carbocycles. The number of aromatic nitrogens is 1. The van der Waals surface area contributed by atoms with Crippen molar-refractivity contribution in [2.24, 2.45) is 0 Å². The summed E-state index contributed by atoms with van der Waals surface area (Å²) >= 11 is 0. The van der Waals surface area contributed by atoms with Gasteiger partial charge in [0.15, 0.2) is 5.75 Å². The molecule has 0 saturated heterocycles. The molecule has 0 spiro atoms. The molecule has 1 amide bonds. The third kappa shape index (κ3) is 2.79. The lowest BCUT2D eigenvalue weighted by atomic mass is 10.1. The van der Waals surface area contributed by atoms with E-state index in [1.807, 2.05) is 0 Å². The summed E-state index contributed by atoms with van der Waals surface area (Å²) in [4.78, 5) is 15.6. The van der Waals surface area contributed by atoms with Crippen LogP contribution in [0.1, 0.15) is 10.4 Å². The molecule has 0 atom stereocenters. The first-order valence-electron chi connectivity index (χ1n) is 5.48. The van der Waals surface area contributed by atoms with Gasteiger partial charge in [-0.2, -0.15) is 4.39 Å². The average molecular weight is 261 g/mol. The van der Waals surface area contributed by atoms with E-state index >= 15 is 0 Å². The summed E-state index contributed by atoms with van der Waals surface area (Å²) in [6.07, 6.45) is 0. The Hall–Kier alpha value is -2.63. The molecule has 19 heavy (non-hydrogen) atoms. The Bertz CT molecular complexity index is 617. The molecule has 0 aliphatic heterocycles. The predicted octanol–water partition coefficient (Wildman–Crippen LogP) is 2.06. The third-order valence-electron chi connectivity index (χ3n) is 2.45. The Labute approximate surface area is 109 Å². The fourth-order valence-corrected chi connectivity index (χ4v) is 1.62. The Morgan fingerprint density at radius 1 is 1.32 bits per heavy atom. The van der Waals surface area contributed by atoms with Crippen LogP contribution in [0, 0.1) is 5.95 Å². The number of pyridine rings is 1. The van der Waals surface area contributed by atoms with Crippen LogP contribution in [0.15, 0.2) is 36.4 Å². The molecule has 98 valence electrons. The van der Waals surface area contributed by atoms with Crippen molar-refractivity contribution in [3.63, 3.8) is 0 Å². The molecule has 1 heterocycles. The number of nitrogens with one attached hydrogen (secondary N) is 1. The molecule has 0 fully saturated rings. The SMILES string of the molecule is COc1c(N)cccc1C(=O)Nc1cccc(F)n1. The molecule has 5 nitrogen and oxygen atoms in total. The molecule has 3 N–H and O–H groups in total. The number of benzene rings is 1. The number of hydrogen-bond donors (Lipinski definition) is 2. The van der Waals surface area contributed by atoms with Crippen molar-refractivity contribution in [3.05, 3.63) is 47.9 Å². The number of rotatable bonds is 3. The highest BCUT2D eigenvalue weighted by Crippen LogP contribution is 2.26. The first-order chi connectivity index (χ1) is 9.11. The van der Waals surface area contributed by atoms with Crippen LogP contribution in [0.25, 0.3) is 0 Å². The highest BCUT2D eigenvalue weighted by molar-refractivity contribution is 6.06. The van der Waals surface area contributed by atoms with Crippen LogP contribution in [-0.2, 0) is 0 Å². The molecular formula is C13H12FN3O2.